The molecule has 0 unspecified atom stereocenters. The highest BCUT2D eigenvalue weighted by Crippen LogP contribution is 2.44. The van der Waals surface area contributed by atoms with Gasteiger partial charge in [0.05, 0.1) is 35.4 Å². The monoisotopic (exact) mass is 452 g/mol. The number of halogens is 2. The summed E-state index contributed by atoms with van der Waals surface area (Å²) in [6.45, 7) is 5.60. The van der Waals surface area contributed by atoms with Crippen LogP contribution >= 0.6 is 0 Å². The number of nitrogens with zero attached hydrogens (tertiary/aromatic N) is 5. The van der Waals surface area contributed by atoms with Crippen molar-refractivity contribution >= 4 is 17.6 Å². The van der Waals surface area contributed by atoms with Crippen molar-refractivity contribution in [1.29, 1.82) is 0 Å². The Morgan fingerprint density at radius 3 is 3.00 bits per heavy atom. The molecule has 2 aromatic heterocycles. The second-order valence-electron chi connectivity index (χ2n) is 8.26. The molecule has 3 aromatic rings. The minimum absolute atomic E-state index is 0.210. The topological polar surface area (TPSA) is 96.3 Å². The van der Waals surface area contributed by atoms with Gasteiger partial charge in [-0.15, -0.1) is 10.2 Å². The quantitative estimate of drug-likeness (QED) is 0.607. The largest absolute Gasteiger partial charge is 0.504 e. The van der Waals surface area contributed by atoms with Crippen molar-refractivity contribution in [2.75, 3.05) is 30.0 Å². The van der Waals surface area contributed by atoms with E-state index >= 15 is 0 Å². The number of phenols is 1. The first-order valence-corrected chi connectivity index (χ1v) is 10.5. The van der Waals surface area contributed by atoms with Gasteiger partial charge in [-0.25, -0.2) is 18.7 Å². The van der Waals surface area contributed by atoms with Gasteiger partial charge in [0.2, 0.25) is 5.88 Å². The predicted octanol–water partition coefficient (Wildman–Crippen LogP) is 3.52. The van der Waals surface area contributed by atoms with Crippen molar-refractivity contribution in [3.05, 3.63) is 54.2 Å². The van der Waals surface area contributed by atoms with Gasteiger partial charge in [-0.3, -0.25) is 0 Å². The Kier molecular flexibility index (Phi) is 5.07. The zero-order valence-corrected chi connectivity index (χ0v) is 17.9. The second-order valence-corrected chi connectivity index (χ2v) is 8.26. The van der Waals surface area contributed by atoms with Crippen LogP contribution in [0, 0.1) is 12.7 Å². The second kappa shape index (κ2) is 7.95. The smallest absolute Gasteiger partial charge is 0.235 e. The Morgan fingerprint density at radius 2 is 2.24 bits per heavy atom. The fourth-order valence-electron chi connectivity index (χ4n) is 4.45. The van der Waals surface area contributed by atoms with E-state index in [1.807, 2.05) is 4.90 Å². The van der Waals surface area contributed by atoms with E-state index in [9.17, 15) is 13.9 Å². The third-order valence-electron chi connectivity index (χ3n) is 6.14. The number of benzene rings is 1. The third-order valence-corrected chi connectivity index (χ3v) is 6.14. The molecule has 4 heterocycles. The molecule has 10 heteroatoms. The van der Waals surface area contributed by atoms with Crippen LogP contribution in [0.5, 0.6) is 11.6 Å². The van der Waals surface area contributed by atoms with Gasteiger partial charge in [-0.2, -0.15) is 0 Å². The summed E-state index contributed by atoms with van der Waals surface area (Å²) in [5.41, 5.74) is 1.54. The van der Waals surface area contributed by atoms with E-state index in [1.165, 1.54) is 6.07 Å². The van der Waals surface area contributed by atoms with Gasteiger partial charge in [0.25, 0.3) is 0 Å². The molecule has 2 N–H and O–H groups in total. The highest BCUT2D eigenvalue weighted by Gasteiger charge is 2.50. The van der Waals surface area contributed by atoms with Crippen LogP contribution in [0.15, 0.2) is 37.0 Å². The Hall–Kier alpha value is -3.82. The molecule has 0 amide bonds. The summed E-state index contributed by atoms with van der Waals surface area (Å²) < 4.78 is 34.4. The minimum Gasteiger partial charge on any atom is -0.504 e. The fraction of sp³-hybridized carbons (Fsp3) is 0.304. The molecule has 0 saturated carbocycles. The maximum atomic E-state index is 14.4. The fourth-order valence-corrected chi connectivity index (χ4v) is 4.45. The first kappa shape index (κ1) is 21.0. The van der Waals surface area contributed by atoms with E-state index in [0.29, 0.717) is 48.3 Å². The van der Waals surface area contributed by atoms with E-state index < -0.39 is 23.8 Å². The average molecular weight is 452 g/mol. The van der Waals surface area contributed by atoms with E-state index in [1.54, 1.807) is 31.3 Å². The number of nitrogens with one attached hydrogen (secondary N) is 1. The summed E-state index contributed by atoms with van der Waals surface area (Å²) in [5, 5.41) is 21.6. The number of aromatic nitrogens is 4. The van der Waals surface area contributed by atoms with Crippen molar-refractivity contribution in [3.63, 3.8) is 0 Å². The number of hydrogen-bond donors (Lipinski definition) is 2. The molecule has 2 aliphatic heterocycles. The molecule has 33 heavy (non-hydrogen) atoms. The first-order valence-electron chi connectivity index (χ1n) is 10.5. The first-order chi connectivity index (χ1) is 15.9. The number of alkyl halides is 1. The Labute approximate surface area is 189 Å². The van der Waals surface area contributed by atoms with E-state index in [0.717, 1.165) is 6.07 Å². The lowest BCUT2D eigenvalue weighted by atomic mass is 9.94. The third kappa shape index (κ3) is 3.51. The van der Waals surface area contributed by atoms with Gasteiger partial charge in [0.1, 0.15) is 18.5 Å². The van der Waals surface area contributed by atoms with E-state index in [4.69, 9.17) is 4.74 Å². The highest BCUT2D eigenvalue weighted by atomic mass is 19.1. The Bertz CT molecular complexity index is 1240. The molecule has 2 aliphatic rings. The molecule has 0 spiro atoms. The summed E-state index contributed by atoms with van der Waals surface area (Å²) in [6, 6.07) is 5.88. The number of aromatic hydroxyl groups is 1. The summed E-state index contributed by atoms with van der Waals surface area (Å²) in [4.78, 5) is 10.6. The Balaban J connectivity index is 1.48. The molecular formula is C23H22F2N6O2. The van der Waals surface area contributed by atoms with E-state index in [-0.39, 0.29) is 17.4 Å². The molecule has 0 aliphatic carbocycles. The van der Waals surface area contributed by atoms with Crippen LogP contribution in [0.25, 0.3) is 17.3 Å². The zero-order chi connectivity index (χ0) is 23.2. The van der Waals surface area contributed by atoms with Crippen molar-refractivity contribution in [1.82, 2.24) is 20.2 Å². The molecule has 8 nitrogen and oxygen atoms in total. The SMILES string of the molecule is C=Cc1cnc(O[C@H]2CN3c4cc(-c5cccc(F)c5O)nnc4NC[C@@]3(CF)C2)c(C)n1. The van der Waals surface area contributed by atoms with Gasteiger partial charge in [0.15, 0.2) is 17.4 Å². The number of rotatable bonds is 5. The normalized spacial score (nSPS) is 21.2. The van der Waals surface area contributed by atoms with Gasteiger partial charge in [-0.05, 0) is 31.2 Å². The number of para-hydroxylation sites is 1. The van der Waals surface area contributed by atoms with Gasteiger partial charge in [0, 0.05) is 18.5 Å². The lowest BCUT2D eigenvalue weighted by Crippen LogP contribution is -2.54. The van der Waals surface area contributed by atoms with Crippen LogP contribution in [-0.2, 0) is 0 Å². The maximum Gasteiger partial charge on any atom is 0.235 e. The van der Waals surface area contributed by atoms with Crippen LogP contribution in [0.1, 0.15) is 17.8 Å². The number of fused-ring (bicyclic) bond motifs is 3. The molecule has 1 saturated heterocycles. The van der Waals surface area contributed by atoms with E-state index in [2.05, 4.69) is 32.1 Å². The number of phenolic OH excluding ortho intramolecular Hbond substituents is 1. The molecule has 170 valence electrons. The molecule has 0 bridgehead atoms. The lowest BCUT2D eigenvalue weighted by Gasteiger charge is -2.42. The van der Waals surface area contributed by atoms with Gasteiger partial charge >= 0.3 is 0 Å². The zero-order valence-electron chi connectivity index (χ0n) is 17.9. The highest BCUT2D eigenvalue weighted by molar-refractivity contribution is 5.77. The maximum absolute atomic E-state index is 14.4. The molecule has 5 rings (SSSR count). The molecule has 2 atom stereocenters. The van der Waals surface area contributed by atoms with Crippen LogP contribution in [0.4, 0.5) is 20.3 Å². The molecule has 1 aromatic carbocycles. The lowest BCUT2D eigenvalue weighted by molar-refractivity contribution is 0.192. The number of anilines is 2. The number of hydrogen-bond acceptors (Lipinski definition) is 8. The number of aryl methyl sites for hydroxylation is 1. The van der Waals surface area contributed by atoms with Gasteiger partial charge < -0.3 is 20.1 Å². The molecule has 1 fully saturated rings. The van der Waals surface area contributed by atoms with Crippen LogP contribution in [0.2, 0.25) is 0 Å². The molecule has 0 radical (unpaired) electrons. The standard InChI is InChI=1S/C23H22F2N6O2/c1-3-14-9-26-22(13(2)28-14)33-15-8-23(11-24)12-27-21-19(31(23)10-15)7-18(29-30-21)16-5-4-6-17(25)20(16)32/h3-7,9,15,32H,1,8,10-12H2,2H3,(H,27,30)/t15-,23+/m1/s1. The van der Waals surface area contributed by atoms with Crippen LogP contribution in [-0.4, -0.2) is 56.7 Å². The summed E-state index contributed by atoms with van der Waals surface area (Å²) in [6.07, 6.45) is 3.26. The average Bonchev–Trinajstić information content (AvgIpc) is 3.21. The van der Waals surface area contributed by atoms with Gasteiger partial charge in [-0.1, -0.05) is 12.6 Å². The predicted molar refractivity (Wildman–Crippen MR) is 120 cm³/mol. The van der Waals surface area contributed by atoms with Crippen molar-refractivity contribution in [3.8, 4) is 22.9 Å². The van der Waals surface area contributed by atoms with Crippen LogP contribution in [0.3, 0.4) is 0 Å². The summed E-state index contributed by atoms with van der Waals surface area (Å²) >= 11 is 0. The summed E-state index contributed by atoms with van der Waals surface area (Å²) in [7, 11) is 0. The number of ether oxygens (including phenoxy) is 1. The van der Waals surface area contributed by atoms with Crippen molar-refractivity contribution in [2.24, 2.45) is 0 Å². The Morgan fingerprint density at radius 1 is 1.39 bits per heavy atom. The van der Waals surface area contributed by atoms with Crippen LogP contribution < -0.4 is 15.0 Å². The molecular weight excluding hydrogens is 430 g/mol. The van der Waals surface area contributed by atoms with Crippen molar-refractivity contribution in [2.45, 2.75) is 25.0 Å². The summed E-state index contributed by atoms with van der Waals surface area (Å²) in [5.74, 6) is -0.375. The van der Waals surface area contributed by atoms with Crippen molar-refractivity contribution < 1.29 is 18.6 Å². The minimum atomic E-state index is -0.843.